The van der Waals surface area contributed by atoms with Crippen LogP contribution in [0.2, 0.25) is 0 Å². The average Bonchev–Trinajstić information content (AvgIpc) is 2.23. The second-order valence-electron chi connectivity index (χ2n) is 5.29. The molecule has 0 amide bonds. The Morgan fingerprint density at radius 2 is 1.87 bits per heavy atom. The van der Waals surface area contributed by atoms with Crippen molar-refractivity contribution in [2.75, 3.05) is 7.05 Å². The predicted octanol–water partition coefficient (Wildman–Crippen LogP) is 2.62. The molecule has 0 radical (unpaired) electrons. The van der Waals surface area contributed by atoms with E-state index in [1.807, 2.05) is 0 Å². The Hall–Kier alpha value is -0.0800. The van der Waals surface area contributed by atoms with Crippen molar-refractivity contribution >= 4 is 0 Å². The maximum absolute atomic E-state index is 6.25. The summed E-state index contributed by atoms with van der Waals surface area (Å²) in [6.07, 6.45) is 6.29. The number of nitrogens with zero attached hydrogens (tertiary/aromatic N) is 1. The third-order valence-electron chi connectivity index (χ3n) is 4.17. The van der Waals surface area contributed by atoms with Gasteiger partial charge < -0.3 is 5.73 Å². The monoisotopic (exact) mass is 212 g/mol. The van der Waals surface area contributed by atoms with Gasteiger partial charge in [0.15, 0.2) is 0 Å². The maximum Gasteiger partial charge on any atom is 0.0249 e. The third kappa shape index (κ3) is 3.18. The Labute approximate surface area is 95.2 Å². The van der Waals surface area contributed by atoms with Crippen LogP contribution < -0.4 is 5.73 Å². The van der Waals surface area contributed by atoms with E-state index in [4.69, 9.17) is 5.73 Å². The quantitative estimate of drug-likeness (QED) is 0.776. The third-order valence-corrected chi connectivity index (χ3v) is 4.17. The molecular formula is C13H28N2. The van der Waals surface area contributed by atoms with Crippen molar-refractivity contribution in [3.8, 4) is 0 Å². The number of rotatable bonds is 4. The molecule has 3 unspecified atom stereocenters. The van der Waals surface area contributed by atoms with Gasteiger partial charge in [0.05, 0.1) is 0 Å². The molecule has 0 aromatic heterocycles. The highest BCUT2D eigenvalue weighted by molar-refractivity contribution is 4.89. The van der Waals surface area contributed by atoms with E-state index in [2.05, 4.69) is 32.7 Å². The Bertz CT molecular complexity index is 177. The lowest BCUT2D eigenvalue weighted by Crippen LogP contribution is -2.52. The molecule has 1 fully saturated rings. The van der Waals surface area contributed by atoms with Crippen LogP contribution in [0.1, 0.15) is 52.9 Å². The Morgan fingerprint density at radius 3 is 2.40 bits per heavy atom. The summed E-state index contributed by atoms with van der Waals surface area (Å²) in [4.78, 5) is 2.54. The van der Waals surface area contributed by atoms with Crippen molar-refractivity contribution < 1.29 is 0 Å². The van der Waals surface area contributed by atoms with Gasteiger partial charge in [0.2, 0.25) is 0 Å². The molecule has 0 aromatic rings. The smallest absolute Gasteiger partial charge is 0.0249 e. The zero-order chi connectivity index (χ0) is 11.4. The number of hydrogen-bond donors (Lipinski definition) is 1. The van der Waals surface area contributed by atoms with Gasteiger partial charge in [0.25, 0.3) is 0 Å². The first kappa shape index (κ1) is 13.0. The van der Waals surface area contributed by atoms with E-state index >= 15 is 0 Å². The molecule has 2 N–H and O–H groups in total. The lowest BCUT2D eigenvalue weighted by Gasteiger charge is -2.42. The summed E-state index contributed by atoms with van der Waals surface area (Å²) in [5, 5.41) is 0. The minimum atomic E-state index is 0.395. The lowest BCUT2D eigenvalue weighted by atomic mass is 9.82. The van der Waals surface area contributed by atoms with Gasteiger partial charge in [-0.3, -0.25) is 4.90 Å². The van der Waals surface area contributed by atoms with Gasteiger partial charge in [-0.2, -0.15) is 0 Å². The molecule has 1 aliphatic rings. The molecule has 90 valence electrons. The first-order chi connectivity index (χ1) is 7.10. The summed E-state index contributed by atoms with van der Waals surface area (Å²) < 4.78 is 0. The van der Waals surface area contributed by atoms with E-state index in [9.17, 15) is 0 Å². The van der Waals surface area contributed by atoms with Crippen molar-refractivity contribution in [1.29, 1.82) is 0 Å². The minimum Gasteiger partial charge on any atom is -0.326 e. The number of nitrogens with two attached hydrogens (primary N) is 1. The van der Waals surface area contributed by atoms with Crippen LogP contribution in [0.3, 0.4) is 0 Å². The topological polar surface area (TPSA) is 29.3 Å². The molecule has 1 aliphatic carbocycles. The predicted molar refractivity (Wildman–Crippen MR) is 66.9 cm³/mol. The molecule has 15 heavy (non-hydrogen) atoms. The number of hydrogen-bond acceptors (Lipinski definition) is 2. The highest BCUT2D eigenvalue weighted by Gasteiger charge is 2.31. The summed E-state index contributed by atoms with van der Waals surface area (Å²) >= 11 is 0. The molecule has 0 spiro atoms. The van der Waals surface area contributed by atoms with Crippen molar-refractivity contribution in [2.24, 2.45) is 11.7 Å². The van der Waals surface area contributed by atoms with Crippen molar-refractivity contribution in [3.63, 3.8) is 0 Å². The molecule has 1 saturated carbocycles. The van der Waals surface area contributed by atoms with Crippen LogP contribution >= 0.6 is 0 Å². The normalized spacial score (nSPS) is 32.6. The van der Waals surface area contributed by atoms with E-state index < -0.39 is 0 Å². The minimum absolute atomic E-state index is 0.395. The molecule has 0 saturated heterocycles. The molecule has 0 aromatic carbocycles. The largest absolute Gasteiger partial charge is 0.326 e. The summed E-state index contributed by atoms with van der Waals surface area (Å²) in [6.45, 7) is 6.92. The molecule has 0 bridgehead atoms. The fourth-order valence-electron chi connectivity index (χ4n) is 2.98. The highest BCUT2D eigenvalue weighted by Crippen LogP contribution is 2.28. The van der Waals surface area contributed by atoms with Crippen molar-refractivity contribution in [2.45, 2.75) is 71.0 Å². The van der Waals surface area contributed by atoms with Gasteiger partial charge in [-0.05, 0) is 45.1 Å². The van der Waals surface area contributed by atoms with Gasteiger partial charge in [-0.1, -0.05) is 20.8 Å². The summed E-state index contributed by atoms with van der Waals surface area (Å²) in [6, 6.07) is 1.72. The SMILES string of the molecule is CCC(CC)N(C)C1CC(C)CCC1N. The first-order valence-electron chi connectivity index (χ1n) is 6.57. The summed E-state index contributed by atoms with van der Waals surface area (Å²) in [7, 11) is 2.26. The van der Waals surface area contributed by atoms with Gasteiger partial charge >= 0.3 is 0 Å². The molecule has 1 rings (SSSR count). The van der Waals surface area contributed by atoms with Gasteiger partial charge in [0, 0.05) is 18.1 Å². The van der Waals surface area contributed by atoms with Crippen molar-refractivity contribution in [1.82, 2.24) is 4.90 Å². The van der Waals surface area contributed by atoms with Crippen LogP contribution in [0, 0.1) is 5.92 Å². The molecule has 0 heterocycles. The van der Waals surface area contributed by atoms with Gasteiger partial charge in [-0.25, -0.2) is 0 Å². The fourth-order valence-corrected chi connectivity index (χ4v) is 2.98. The van der Waals surface area contributed by atoms with Gasteiger partial charge in [-0.15, -0.1) is 0 Å². The second kappa shape index (κ2) is 5.86. The summed E-state index contributed by atoms with van der Waals surface area (Å²) in [5.74, 6) is 0.853. The highest BCUT2D eigenvalue weighted by atomic mass is 15.2. The van der Waals surface area contributed by atoms with Crippen LogP contribution in [0.5, 0.6) is 0 Å². The first-order valence-corrected chi connectivity index (χ1v) is 6.57. The Kier molecular flexibility index (Phi) is 5.07. The lowest BCUT2D eigenvalue weighted by molar-refractivity contribution is 0.0965. The summed E-state index contributed by atoms with van der Waals surface area (Å²) in [5.41, 5.74) is 6.25. The Balaban J connectivity index is 2.59. The zero-order valence-electron chi connectivity index (χ0n) is 10.9. The van der Waals surface area contributed by atoms with E-state index in [1.54, 1.807) is 0 Å². The maximum atomic E-state index is 6.25. The number of likely N-dealkylation sites (N-methyl/N-ethyl adjacent to an activating group) is 1. The molecule has 0 aliphatic heterocycles. The zero-order valence-corrected chi connectivity index (χ0v) is 10.9. The average molecular weight is 212 g/mol. The standard InChI is InChI=1S/C13H28N2/c1-5-11(6-2)15(4)13-9-10(3)7-8-12(13)14/h10-13H,5-9,14H2,1-4H3. The second-order valence-corrected chi connectivity index (χ2v) is 5.29. The molecule has 2 heteroatoms. The van der Waals surface area contributed by atoms with Crippen LogP contribution in [0.25, 0.3) is 0 Å². The van der Waals surface area contributed by atoms with Crippen LogP contribution in [0.4, 0.5) is 0 Å². The fraction of sp³-hybridized carbons (Fsp3) is 1.00. The van der Waals surface area contributed by atoms with Crippen LogP contribution in [-0.4, -0.2) is 30.1 Å². The van der Waals surface area contributed by atoms with E-state index in [1.165, 1.54) is 32.1 Å². The van der Waals surface area contributed by atoms with Crippen molar-refractivity contribution in [3.05, 3.63) is 0 Å². The van der Waals surface area contributed by atoms with E-state index in [0.717, 1.165) is 5.92 Å². The Morgan fingerprint density at radius 1 is 1.27 bits per heavy atom. The van der Waals surface area contributed by atoms with Crippen LogP contribution in [0.15, 0.2) is 0 Å². The van der Waals surface area contributed by atoms with E-state index in [-0.39, 0.29) is 0 Å². The van der Waals surface area contributed by atoms with Crippen LogP contribution in [-0.2, 0) is 0 Å². The molecule has 2 nitrogen and oxygen atoms in total. The molecule has 3 atom stereocenters. The van der Waals surface area contributed by atoms with E-state index in [0.29, 0.717) is 18.1 Å². The molecular weight excluding hydrogens is 184 g/mol. The van der Waals surface area contributed by atoms with Gasteiger partial charge in [0.1, 0.15) is 0 Å².